The molecule has 1 fully saturated rings. The van der Waals surface area contributed by atoms with E-state index in [1.54, 1.807) is 0 Å². The summed E-state index contributed by atoms with van der Waals surface area (Å²) in [6, 6.07) is 5.84. The Morgan fingerprint density at radius 3 is 2.69 bits per heavy atom. The summed E-state index contributed by atoms with van der Waals surface area (Å²) in [5.41, 5.74) is 1.52. The topological polar surface area (TPSA) is 34.1 Å². The molecule has 0 bridgehead atoms. The number of fused-ring (bicyclic) bond motifs is 1. The summed E-state index contributed by atoms with van der Waals surface area (Å²) < 4.78 is 0.931. The first kappa shape index (κ1) is 10.2. The van der Waals surface area contributed by atoms with Gasteiger partial charge in [-0.05, 0) is 30.5 Å². The summed E-state index contributed by atoms with van der Waals surface area (Å²) in [4.78, 5) is 23.8. The standard InChI is InChI=1S/C13H11BrO2/c14-9-2-1-8-6-13(4-3-10(15)7-13)12(16)11(8)5-9/h1-2,5H,3-4,6-7H2. The molecule has 82 valence electrons. The molecule has 2 aliphatic carbocycles. The third-order valence-corrected chi connectivity index (χ3v) is 4.24. The van der Waals surface area contributed by atoms with Gasteiger partial charge >= 0.3 is 0 Å². The van der Waals surface area contributed by atoms with Crippen molar-refractivity contribution in [2.24, 2.45) is 5.41 Å². The molecule has 3 rings (SSSR count). The average Bonchev–Trinajstić information content (AvgIpc) is 2.73. The molecular formula is C13H11BrO2. The Kier molecular flexibility index (Phi) is 2.08. The van der Waals surface area contributed by atoms with Crippen LogP contribution in [0.2, 0.25) is 0 Å². The van der Waals surface area contributed by atoms with Crippen molar-refractivity contribution in [2.75, 3.05) is 0 Å². The van der Waals surface area contributed by atoms with Crippen LogP contribution < -0.4 is 0 Å². The first-order valence-corrected chi connectivity index (χ1v) is 6.25. The molecule has 1 saturated carbocycles. The van der Waals surface area contributed by atoms with Crippen molar-refractivity contribution in [3.63, 3.8) is 0 Å². The van der Waals surface area contributed by atoms with Crippen LogP contribution in [0.4, 0.5) is 0 Å². The van der Waals surface area contributed by atoms with Crippen LogP contribution in [0.3, 0.4) is 0 Å². The second-order valence-electron chi connectivity index (χ2n) is 4.80. The minimum atomic E-state index is -0.389. The molecule has 0 aliphatic heterocycles. The van der Waals surface area contributed by atoms with Gasteiger partial charge in [0.15, 0.2) is 5.78 Å². The van der Waals surface area contributed by atoms with Gasteiger partial charge in [-0.2, -0.15) is 0 Å². The van der Waals surface area contributed by atoms with Crippen molar-refractivity contribution in [2.45, 2.75) is 25.7 Å². The predicted molar refractivity (Wildman–Crippen MR) is 63.5 cm³/mol. The molecule has 0 saturated heterocycles. The third kappa shape index (κ3) is 1.31. The molecular weight excluding hydrogens is 268 g/mol. The molecule has 0 radical (unpaired) electrons. The third-order valence-electron chi connectivity index (χ3n) is 3.74. The predicted octanol–water partition coefficient (Wildman–Crippen LogP) is 2.93. The van der Waals surface area contributed by atoms with Gasteiger partial charge in [0.2, 0.25) is 0 Å². The number of carbonyl (C=O) groups excluding carboxylic acids is 2. The summed E-state index contributed by atoms with van der Waals surface area (Å²) in [7, 11) is 0. The highest BCUT2D eigenvalue weighted by Gasteiger charge is 2.49. The fourth-order valence-electron chi connectivity index (χ4n) is 2.92. The zero-order valence-electron chi connectivity index (χ0n) is 8.75. The normalized spacial score (nSPS) is 27.8. The van der Waals surface area contributed by atoms with Gasteiger partial charge in [-0.15, -0.1) is 0 Å². The van der Waals surface area contributed by atoms with Gasteiger partial charge in [0.05, 0.1) is 0 Å². The number of carbonyl (C=O) groups is 2. The monoisotopic (exact) mass is 278 g/mol. The van der Waals surface area contributed by atoms with E-state index in [-0.39, 0.29) is 17.0 Å². The Morgan fingerprint density at radius 1 is 1.19 bits per heavy atom. The molecule has 1 unspecified atom stereocenters. The highest BCUT2D eigenvalue weighted by molar-refractivity contribution is 9.10. The Labute approximate surface area is 102 Å². The fourth-order valence-corrected chi connectivity index (χ4v) is 3.28. The van der Waals surface area contributed by atoms with Crippen molar-refractivity contribution in [1.82, 2.24) is 0 Å². The van der Waals surface area contributed by atoms with Crippen molar-refractivity contribution in [3.8, 4) is 0 Å². The van der Waals surface area contributed by atoms with Crippen molar-refractivity contribution >= 4 is 27.5 Å². The summed E-state index contributed by atoms with van der Waals surface area (Å²) >= 11 is 3.38. The summed E-state index contributed by atoms with van der Waals surface area (Å²) in [5, 5.41) is 0. The van der Waals surface area contributed by atoms with Crippen LogP contribution in [0, 0.1) is 5.41 Å². The van der Waals surface area contributed by atoms with Gasteiger partial charge < -0.3 is 0 Å². The maximum absolute atomic E-state index is 12.3. The molecule has 3 heteroatoms. The average molecular weight is 279 g/mol. The van der Waals surface area contributed by atoms with Crippen molar-refractivity contribution < 1.29 is 9.59 Å². The zero-order chi connectivity index (χ0) is 11.3. The van der Waals surface area contributed by atoms with Gasteiger partial charge in [0.25, 0.3) is 0 Å². The summed E-state index contributed by atoms with van der Waals surface area (Å²) in [6.45, 7) is 0. The lowest BCUT2D eigenvalue weighted by Crippen LogP contribution is -2.24. The number of halogens is 1. The summed E-state index contributed by atoms with van der Waals surface area (Å²) in [5.74, 6) is 0.412. The van der Waals surface area contributed by atoms with E-state index in [1.165, 1.54) is 0 Å². The van der Waals surface area contributed by atoms with Gasteiger partial charge in [0.1, 0.15) is 5.78 Å². The van der Waals surface area contributed by atoms with Gasteiger partial charge in [-0.1, -0.05) is 22.0 Å². The molecule has 0 aromatic heterocycles. The van der Waals surface area contributed by atoms with Crippen molar-refractivity contribution in [3.05, 3.63) is 33.8 Å². The quantitative estimate of drug-likeness (QED) is 0.731. The molecule has 0 amide bonds. The molecule has 1 atom stereocenters. The van der Waals surface area contributed by atoms with E-state index in [9.17, 15) is 9.59 Å². The van der Waals surface area contributed by atoms with Gasteiger partial charge in [-0.3, -0.25) is 9.59 Å². The minimum absolute atomic E-state index is 0.176. The van der Waals surface area contributed by atoms with Gasteiger partial charge in [0, 0.05) is 28.3 Å². The van der Waals surface area contributed by atoms with Crippen molar-refractivity contribution in [1.29, 1.82) is 0 Å². The first-order valence-electron chi connectivity index (χ1n) is 5.46. The molecule has 16 heavy (non-hydrogen) atoms. The summed E-state index contributed by atoms with van der Waals surface area (Å²) in [6.07, 6.45) is 2.50. The van der Waals surface area contributed by atoms with Crippen LogP contribution in [0.15, 0.2) is 22.7 Å². The maximum atomic E-state index is 12.3. The van der Waals surface area contributed by atoms with Crippen LogP contribution in [0.1, 0.15) is 35.2 Å². The van der Waals surface area contributed by atoms with E-state index >= 15 is 0 Å². The Morgan fingerprint density at radius 2 is 2.00 bits per heavy atom. The smallest absolute Gasteiger partial charge is 0.170 e. The lowest BCUT2D eigenvalue weighted by molar-refractivity contribution is -0.117. The molecule has 2 aliphatic rings. The van der Waals surface area contributed by atoms with Crippen LogP contribution >= 0.6 is 15.9 Å². The highest BCUT2D eigenvalue weighted by atomic mass is 79.9. The van der Waals surface area contributed by atoms with Crippen LogP contribution in [0.5, 0.6) is 0 Å². The Balaban J connectivity index is 2.07. The van der Waals surface area contributed by atoms with E-state index in [4.69, 9.17) is 0 Å². The number of benzene rings is 1. The molecule has 2 nitrogen and oxygen atoms in total. The lowest BCUT2D eigenvalue weighted by Gasteiger charge is -2.18. The van der Waals surface area contributed by atoms with Gasteiger partial charge in [-0.25, -0.2) is 0 Å². The lowest BCUT2D eigenvalue weighted by atomic mass is 9.82. The van der Waals surface area contributed by atoms with E-state index in [0.717, 1.165) is 28.4 Å². The molecule has 1 aromatic rings. The number of Topliss-reactive ketones (excluding diaryl/α,β-unsaturated/α-hetero) is 2. The van der Waals surface area contributed by atoms with E-state index in [2.05, 4.69) is 15.9 Å². The van der Waals surface area contributed by atoms with Crippen LogP contribution in [-0.4, -0.2) is 11.6 Å². The molecule has 0 N–H and O–H groups in total. The number of hydrogen-bond donors (Lipinski definition) is 0. The molecule has 1 spiro atoms. The Hall–Kier alpha value is -0.960. The maximum Gasteiger partial charge on any atom is 0.170 e. The zero-order valence-corrected chi connectivity index (χ0v) is 10.3. The number of hydrogen-bond acceptors (Lipinski definition) is 2. The fraction of sp³-hybridized carbons (Fsp3) is 0.385. The second-order valence-corrected chi connectivity index (χ2v) is 5.72. The second kappa shape index (κ2) is 3.27. The van der Waals surface area contributed by atoms with E-state index in [0.29, 0.717) is 12.8 Å². The van der Waals surface area contributed by atoms with Crippen LogP contribution in [0.25, 0.3) is 0 Å². The highest BCUT2D eigenvalue weighted by Crippen LogP contribution is 2.47. The first-order chi connectivity index (χ1) is 7.61. The van der Waals surface area contributed by atoms with Crippen LogP contribution in [-0.2, 0) is 11.2 Å². The SMILES string of the molecule is O=C1CCC2(C1)Cc1ccc(Br)cc1C2=O. The molecule has 1 aromatic carbocycles. The van der Waals surface area contributed by atoms with E-state index in [1.807, 2.05) is 18.2 Å². The molecule has 0 heterocycles. The minimum Gasteiger partial charge on any atom is -0.300 e. The largest absolute Gasteiger partial charge is 0.300 e. The number of ketones is 2. The Bertz CT molecular complexity index is 507. The van der Waals surface area contributed by atoms with E-state index < -0.39 is 0 Å². The number of rotatable bonds is 0.